The molecule has 3 rings (SSSR count). The molecule has 3 fully saturated rings. The normalized spacial score (nSPS) is 25.8. The number of ether oxygens (including phenoxy) is 1. The smallest absolute Gasteiger partial charge is 0.191 e. The lowest BCUT2D eigenvalue weighted by molar-refractivity contribution is 0.0364. The topological polar surface area (TPSA) is 52.1 Å². The van der Waals surface area contributed by atoms with Crippen LogP contribution in [0.5, 0.6) is 0 Å². The number of hydrogen-bond donors (Lipinski definition) is 2. The fraction of sp³-hybridized carbons (Fsp3) is 0.950. The quantitative estimate of drug-likeness (QED) is 0.554. The minimum Gasteiger partial charge on any atom is -0.379 e. The van der Waals surface area contributed by atoms with Gasteiger partial charge in [-0.25, -0.2) is 0 Å². The number of hydrogen-bond acceptors (Lipinski definition) is 4. The zero-order valence-corrected chi connectivity index (χ0v) is 16.8. The molecule has 2 saturated heterocycles. The maximum Gasteiger partial charge on any atom is 0.191 e. The number of guanidine groups is 1. The van der Waals surface area contributed by atoms with Crippen molar-refractivity contribution in [2.24, 2.45) is 4.99 Å². The van der Waals surface area contributed by atoms with Gasteiger partial charge in [0.1, 0.15) is 0 Å². The van der Waals surface area contributed by atoms with Crippen molar-refractivity contribution in [1.29, 1.82) is 0 Å². The first kappa shape index (κ1) is 19.9. The summed E-state index contributed by atoms with van der Waals surface area (Å²) >= 11 is 0. The fourth-order valence-electron chi connectivity index (χ4n) is 4.81. The third-order valence-corrected chi connectivity index (χ3v) is 6.44. The van der Waals surface area contributed by atoms with Crippen LogP contribution >= 0.6 is 0 Å². The summed E-state index contributed by atoms with van der Waals surface area (Å²) in [6.07, 6.45) is 11.0. The monoisotopic (exact) mass is 365 g/mol. The van der Waals surface area contributed by atoms with E-state index in [1.165, 1.54) is 64.5 Å². The molecule has 0 radical (unpaired) electrons. The van der Waals surface area contributed by atoms with E-state index in [0.717, 1.165) is 51.9 Å². The Balaban J connectivity index is 1.46. The Morgan fingerprint density at radius 3 is 2.31 bits per heavy atom. The molecule has 6 nitrogen and oxygen atoms in total. The van der Waals surface area contributed by atoms with Crippen LogP contribution in [-0.2, 0) is 4.74 Å². The van der Waals surface area contributed by atoms with Crippen LogP contribution in [0.1, 0.15) is 51.4 Å². The molecule has 3 aliphatic rings. The van der Waals surface area contributed by atoms with Crippen LogP contribution in [0.3, 0.4) is 0 Å². The molecule has 1 aliphatic carbocycles. The predicted molar refractivity (Wildman–Crippen MR) is 108 cm³/mol. The number of rotatable bonds is 6. The Hall–Kier alpha value is -0.850. The Bertz CT molecular complexity index is 424. The first-order chi connectivity index (χ1) is 12.8. The highest BCUT2D eigenvalue weighted by Crippen LogP contribution is 2.35. The first-order valence-corrected chi connectivity index (χ1v) is 10.8. The molecular formula is C20H39N5O. The minimum absolute atomic E-state index is 0.348. The highest BCUT2D eigenvalue weighted by molar-refractivity contribution is 5.79. The van der Waals surface area contributed by atoms with E-state index >= 15 is 0 Å². The lowest BCUT2D eigenvalue weighted by Crippen LogP contribution is -2.59. The van der Waals surface area contributed by atoms with Gasteiger partial charge in [0.15, 0.2) is 5.96 Å². The zero-order chi connectivity index (χ0) is 18.1. The number of morpholine rings is 1. The van der Waals surface area contributed by atoms with Gasteiger partial charge in [-0.15, -0.1) is 0 Å². The van der Waals surface area contributed by atoms with Crippen molar-refractivity contribution < 1.29 is 4.74 Å². The molecule has 26 heavy (non-hydrogen) atoms. The highest BCUT2D eigenvalue weighted by atomic mass is 16.5. The van der Waals surface area contributed by atoms with Crippen molar-refractivity contribution in [3.8, 4) is 0 Å². The summed E-state index contributed by atoms with van der Waals surface area (Å²) in [5, 5.41) is 7.18. The van der Waals surface area contributed by atoms with Crippen LogP contribution in [-0.4, -0.2) is 87.4 Å². The molecule has 0 bridgehead atoms. The van der Waals surface area contributed by atoms with Crippen molar-refractivity contribution in [3.63, 3.8) is 0 Å². The molecular weight excluding hydrogens is 326 g/mol. The van der Waals surface area contributed by atoms with E-state index in [9.17, 15) is 0 Å². The average molecular weight is 366 g/mol. The van der Waals surface area contributed by atoms with E-state index in [1.54, 1.807) is 0 Å². The van der Waals surface area contributed by atoms with Crippen LogP contribution in [0.25, 0.3) is 0 Å². The summed E-state index contributed by atoms with van der Waals surface area (Å²) < 4.78 is 5.42. The van der Waals surface area contributed by atoms with Gasteiger partial charge in [0.25, 0.3) is 0 Å². The molecule has 2 aliphatic heterocycles. The zero-order valence-electron chi connectivity index (χ0n) is 16.8. The van der Waals surface area contributed by atoms with Crippen molar-refractivity contribution in [2.75, 3.05) is 66.1 Å². The number of likely N-dealkylation sites (tertiary alicyclic amines) is 1. The van der Waals surface area contributed by atoms with Crippen LogP contribution in [0, 0.1) is 0 Å². The van der Waals surface area contributed by atoms with Crippen molar-refractivity contribution in [3.05, 3.63) is 0 Å². The summed E-state index contributed by atoms with van der Waals surface area (Å²) in [5.74, 6) is 0.959. The summed E-state index contributed by atoms with van der Waals surface area (Å²) in [6.45, 7) is 9.42. The average Bonchev–Trinajstić information content (AvgIpc) is 2.72. The second-order valence-electron chi connectivity index (χ2n) is 8.14. The molecule has 0 amide bonds. The molecule has 0 spiro atoms. The van der Waals surface area contributed by atoms with Crippen LogP contribution in [0.2, 0.25) is 0 Å². The van der Waals surface area contributed by atoms with Crippen molar-refractivity contribution in [1.82, 2.24) is 20.4 Å². The van der Waals surface area contributed by atoms with Crippen LogP contribution in [0.15, 0.2) is 4.99 Å². The maximum atomic E-state index is 5.42. The maximum absolute atomic E-state index is 5.42. The Morgan fingerprint density at radius 2 is 1.62 bits per heavy atom. The van der Waals surface area contributed by atoms with Crippen molar-refractivity contribution in [2.45, 2.75) is 56.9 Å². The molecule has 0 atom stereocenters. The van der Waals surface area contributed by atoms with Gasteiger partial charge in [0, 0.05) is 45.3 Å². The van der Waals surface area contributed by atoms with Gasteiger partial charge in [0.2, 0.25) is 0 Å². The van der Waals surface area contributed by atoms with Gasteiger partial charge in [-0.1, -0.05) is 25.7 Å². The second-order valence-corrected chi connectivity index (χ2v) is 8.14. The highest BCUT2D eigenvalue weighted by Gasteiger charge is 2.38. The van der Waals surface area contributed by atoms with E-state index in [-0.39, 0.29) is 0 Å². The summed E-state index contributed by atoms with van der Waals surface area (Å²) in [6, 6.07) is 0. The van der Waals surface area contributed by atoms with Gasteiger partial charge in [-0.3, -0.25) is 14.8 Å². The Labute approximate surface area is 159 Å². The lowest BCUT2D eigenvalue weighted by Gasteiger charge is -2.48. The molecule has 6 heteroatoms. The van der Waals surface area contributed by atoms with Gasteiger partial charge in [-0.05, 0) is 38.8 Å². The lowest BCUT2D eigenvalue weighted by atomic mass is 9.79. The largest absolute Gasteiger partial charge is 0.379 e. The van der Waals surface area contributed by atoms with Gasteiger partial charge < -0.3 is 15.4 Å². The number of nitrogens with zero attached hydrogens (tertiary/aromatic N) is 3. The standard InChI is InChI=1S/C20H39N5O/c1-21-19(22-10-13-24-14-16-26-17-15-24)23-18-20(8-4-2-5-9-20)25-11-6-3-7-12-25/h2-18H2,1H3,(H2,21,22,23). The molecule has 2 N–H and O–H groups in total. The molecule has 0 unspecified atom stereocenters. The van der Waals surface area contributed by atoms with Gasteiger partial charge in [0.05, 0.1) is 13.2 Å². The van der Waals surface area contributed by atoms with E-state index in [2.05, 4.69) is 25.4 Å². The van der Waals surface area contributed by atoms with E-state index in [4.69, 9.17) is 4.74 Å². The number of aliphatic imine (C=N–C) groups is 1. The van der Waals surface area contributed by atoms with Crippen LogP contribution < -0.4 is 10.6 Å². The van der Waals surface area contributed by atoms with Crippen LogP contribution in [0.4, 0.5) is 0 Å². The SMILES string of the molecule is CN=C(NCCN1CCOCC1)NCC1(N2CCCCC2)CCCCC1. The molecule has 1 saturated carbocycles. The first-order valence-electron chi connectivity index (χ1n) is 10.8. The molecule has 0 aromatic carbocycles. The van der Waals surface area contributed by atoms with Gasteiger partial charge >= 0.3 is 0 Å². The fourth-order valence-corrected chi connectivity index (χ4v) is 4.81. The minimum atomic E-state index is 0.348. The summed E-state index contributed by atoms with van der Waals surface area (Å²) in [4.78, 5) is 9.72. The predicted octanol–water partition coefficient (Wildman–Crippen LogP) is 1.67. The third-order valence-electron chi connectivity index (χ3n) is 6.44. The third kappa shape index (κ3) is 5.57. The summed E-state index contributed by atoms with van der Waals surface area (Å²) in [5.41, 5.74) is 0.348. The summed E-state index contributed by atoms with van der Waals surface area (Å²) in [7, 11) is 1.89. The molecule has 0 aromatic heterocycles. The Kier molecular flexibility index (Phi) is 8.02. The van der Waals surface area contributed by atoms with E-state index in [0.29, 0.717) is 5.54 Å². The van der Waals surface area contributed by atoms with Crippen molar-refractivity contribution >= 4 is 5.96 Å². The molecule has 2 heterocycles. The Morgan fingerprint density at radius 1 is 0.923 bits per heavy atom. The number of piperidine rings is 1. The molecule has 0 aromatic rings. The second kappa shape index (κ2) is 10.5. The van der Waals surface area contributed by atoms with Gasteiger partial charge in [-0.2, -0.15) is 0 Å². The van der Waals surface area contributed by atoms with E-state index in [1.807, 2.05) is 7.05 Å². The molecule has 150 valence electrons. The van der Waals surface area contributed by atoms with E-state index < -0.39 is 0 Å². The number of nitrogens with one attached hydrogen (secondary N) is 2.